The van der Waals surface area contributed by atoms with E-state index in [4.69, 9.17) is 0 Å². The van der Waals surface area contributed by atoms with Crippen molar-refractivity contribution in [2.24, 2.45) is 5.41 Å². The normalized spacial score (nSPS) is 15.6. The van der Waals surface area contributed by atoms with Crippen LogP contribution in [-0.2, 0) is 0 Å². The molecule has 4 nitrogen and oxygen atoms in total. The molecule has 0 saturated heterocycles. The van der Waals surface area contributed by atoms with E-state index in [9.17, 15) is 4.79 Å². The van der Waals surface area contributed by atoms with E-state index in [0.717, 1.165) is 31.0 Å². The van der Waals surface area contributed by atoms with Gasteiger partial charge in [0.25, 0.3) is 5.91 Å². The SMILES string of the molecule is CCCNc1cc(C(=O)NCC2(CCC)CC2)cc(C)n1. The van der Waals surface area contributed by atoms with Gasteiger partial charge in [-0.15, -0.1) is 0 Å². The van der Waals surface area contributed by atoms with Gasteiger partial charge in [-0.25, -0.2) is 4.98 Å². The number of carbonyl (C=O) groups excluding carboxylic acids is 1. The van der Waals surface area contributed by atoms with Crippen molar-refractivity contribution in [3.05, 3.63) is 23.4 Å². The van der Waals surface area contributed by atoms with Crippen molar-refractivity contribution in [1.82, 2.24) is 10.3 Å². The minimum atomic E-state index is 0.0161. The molecule has 1 aromatic rings. The Morgan fingerprint density at radius 1 is 1.29 bits per heavy atom. The van der Waals surface area contributed by atoms with Gasteiger partial charge in [0.15, 0.2) is 0 Å². The summed E-state index contributed by atoms with van der Waals surface area (Å²) in [4.78, 5) is 16.7. The first-order valence-electron chi connectivity index (χ1n) is 8.09. The van der Waals surface area contributed by atoms with Crippen LogP contribution < -0.4 is 10.6 Å². The average Bonchev–Trinajstić information content (AvgIpc) is 3.22. The van der Waals surface area contributed by atoms with Crippen LogP contribution in [-0.4, -0.2) is 24.0 Å². The molecule has 116 valence electrons. The number of anilines is 1. The summed E-state index contributed by atoms with van der Waals surface area (Å²) in [5, 5.41) is 6.35. The summed E-state index contributed by atoms with van der Waals surface area (Å²) in [6, 6.07) is 3.70. The summed E-state index contributed by atoms with van der Waals surface area (Å²) in [7, 11) is 0. The lowest BCUT2D eigenvalue weighted by atomic mass is 10.0. The standard InChI is InChI=1S/C17H27N3O/c1-4-6-17(7-8-17)12-19-16(21)14-10-13(3)20-15(11-14)18-9-5-2/h10-11H,4-9,12H2,1-3H3,(H,18,20)(H,19,21). The molecule has 0 radical (unpaired) electrons. The number of nitrogens with zero attached hydrogens (tertiary/aromatic N) is 1. The van der Waals surface area contributed by atoms with E-state index in [-0.39, 0.29) is 5.91 Å². The van der Waals surface area contributed by atoms with Gasteiger partial charge in [0, 0.05) is 24.3 Å². The Labute approximate surface area is 127 Å². The van der Waals surface area contributed by atoms with Crippen LogP contribution in [0.25, 0.3) is 0 Å². The number of rotatable bonds is 8. The highest BCUT2D eigenvalue weighted by molar-refractivity contribution is 5.95. The zero-order valence-corrected chi connectivity index (χ0v) is 13.5. The fourth-order valence-corrected chi connectivity index (χ4v) is 2.74. The second-order valence-corrected chi connectivity index (χ2v) is 6.24. The molecule has 0 atom stereocenters. The molecule has 2 rings (SSSR count). The van der Waals surface area contributed by atoms with Gasteiger partial charge in [-0.1, -0.05) is 20.3 Å². The fraction of sp³-hybridized carbons (Fsp3) is 0.647. The number of amides is 1. The van der Waals surface area contributed by atoms with Crippen LogP contribution in [0.2, 0.25) is 0 Å². The number of carbonyl (C=O) groups is 1. The van der Waals surface area contributed by atoms with Crippen molar-refractivity contribution in [2.45, 2.75) is 52.9 Å². The molecule has 4 heteroatoms. The van der Waals surface area contributed by atoms with Crippen molar-refractivity contribution < 1.29 is 4.79 Å². The van der Waals surface area contributed by atoms with Crippen LogP contribution in [0.15, 0.2) is 12.1 Å². The first-order valence-corrected chi connectivity index (χ1v) is 8.09. The Balaban J connectivity index is 1.96. The largest absolute Gasteiger partial charge is 0.370 e. The molecular formula is C17H27N3O. The van der Waals surface area contributed by atoms with Crippen LogP contribution in [0.3, 0.4) is 0 Å². The maximum Gasteiger partial charge on any atom is 0.251 e. The molecule has 0 spiro atoms. The van der Waals surface area contributed by atoms with E-state index in [1.54, 1.807) is 0 Å². The highest BCUT2D eigenvalue weighted by Gasteiger charge is 2.41. The monoisotopic (exact) mass is 289 g/mol. The molecule has 0 aromatic carbocycles. The molecule has 1 saturated carbocycles. The summed E-state index contributed by atoms with van der Waals surface area (Å²) < 4.78 is 0. The van der Waals surface area contributed by atoms with Crippen LogP contribution in [0, 0.1) is 12.3 Å². The lowest BCUT2D eigenvalue weighted by molar-refractivity contribution is 0.0943. The van der Waals surface area contributed by atoms with Crippen LogP contribution >= 0.6 is 0 Å². The van der Waals surface area contributed by atoms with Gasteiger partial charge in [-0.05, 0) is 50.2 Å². The van der Waals surface area contributed by atoms with Gasteiger partial charge < -0.3 is 10.6 Å². The first-order chi connectivity index (χ1) is 10.1. The summed E-state index contributed by atoms with van der Waals surface area (Å²) in [6.45, 7) is 7.92. The molecule has 1 amide bonds. The van der Waals surface area contributed by atoms with Crippen molar-refractivity contribution in [1.29, 1.82) is 0 Å². The minimum absolute atomic E-state index is 0.0161. The Bertz CT molecular complexity index is 495. The molecule has 21 heavy (non-hydrogen) atoms. The molecule has 2 N–H and O–H groups in total. The second kappa shape index (κ2) is 6.92. The third-order valence-electron chi connectivity index (χ3n) is 4.13. The highest BCUT2D eigenvalue weighted by atomic mass is 16.1. The Hall–Kier alpha value is -1.58. The Morgan fingerprint density at radius 3 is 2.67 bits per heavy atom. The van der Waals surface area contributed by atoms with E-state index in [1.165, 1.54) is 25.7 Å². The van der Waals surface area contributed by atoms with E-state index < -0.39 is 0 Å². The van der Waals surface area contributed by atoms with E-state index >= 15 is 0 Å². The molecule has 0 aliphatic heterocycles. The topological polar surface area (TPSA) is 54.0 Å². The molecular weight excluding hydrogens is 262 g/mol. The zero-order chi connectivity index (χ0) is 15.3. The third kappa shape index (κ3) is 4.45. The average molecular weight is 289 g/mol. The Kier molecular flexibility index (Phi) is 5.21. The van der Waals surface area contributed by atoms with E-state index in [1.807, 2.05) is 19.1 Å². The van der Waals surface area contributed by atoms with Gasteiger partial charge in [-0.2, -0.15) is 0 Å². The van der Waals surface area contributed by atoms with Crippen LogP contribution in [0.4, 0.5) is 5.82 Å². The summed E-state index contributed by atoms with van der Waals surface area (Å²) in [5.74, 6) is 0.805. The van der Waals surface area contributed by atoms with Gasteiger partial charge in [-0.3, -0.25) is 4.79 Å². The minimum Gasteiger partial charge on any atom is -0.370 e. The third-order valence-corrected chi connectivity index (χ3v) is 4.13. The molecule has 1 aliphatic rings. The number of pyridine rings is 1. The molecule has 0 unspecified atom stereocenters. The van der Waals surface area contributed by atoms with Gasteiger partial charge in [0.2, 0.25) is 0 Å². The molecule has 1 aliphatic carbocycles. The maximum atomic E-state index is 12.3. The zero-order valence-electron chi connectivity index (χ0n) is 13.5. The lowest BCUT2D eigenvalue weighted by Gasteiger charge is -2.15. The predicted octanol–water partition coefficient (Wildman–Crippen LogP) is 3.52. The highest BCUT2D eigenvalue weighted by Crippen LogP contribution is 2.48. The van der Waals surface area contributed by atoms with Crippen LogP contribution in [0.5, 0.6) is 0 Å². The Morgan fingerprint density at radius 2 is 2.05 bits per heavy atom. The fourth-order valence-electron chi connectivity index (χ4n) is 2.74. The summed E-state index contributed by atoms with van der Waals surface area (Å²) in [6.07, 6.45) is 5.94. The smallest absolute Gasteiger partial charge is 0.251 e. The van der Waals surface area contributed by atoms with Gasteiger partial charge in [0.1, 0.15) is 5.82 Å². The summed E-state index contributed by atoms with van der Waals surface area (Å²) in [5.41, 5.74) is 1.96. The van der Waals surface area contributed by atoms with Crippen molar-refractivity contribution in [2.75, 3.05) is 18.4 Å². The number of nitrogens with one attached hydrogen (secondary N) is 2. The maximum absolute atomic E-state index is 12.3. The van der Waals surface area contributed by atoms with E-state index in [0.29, 0.717) is 11.0 Å². The number of aromatic nitrogens is 1. The molecule has 1 fully saturated rings. The second-order valence-electron chi connectivity index (χ2n) is 6.24. The van der Waals surface area contributed by atoms with Gasteiger partial charge >= 0.3 is 0 Å². The molecule has 1 aromatic heterocycles. The van der Waals surface area contributed by atoms with E-state index in [2.05, 4.69) is 29.5 Å². The summed E-state index contributed by atoms with van der Waals surface area (Å²) >= 11 is 0. The first kappa shape index (κ1) is 15.8. The molecule has 1 heterocycles. The quantitative estimate of drug-likeness (QED) is 0.770. The van der Waals surface area contributed by atoms with Crippen molar-refractivity contribution in [3.8, 4) is 0 Å². The van der Waals surface area contributed by atoms with Gasteiger partial charge in [0.05, 0.1) is 0 Å². The van der Waals surface area contributed by atoms with Crippen LogP contribution in [0.1, 0.15) is 62.0 Å². The predicted molar refractivity (Wildman–Crippen MR) is 86.7 cm³/mol. The number of hydrogen-bond acceptors (Lipinski definition) is 3. The number of aryl methyl sites for hydroxylation is 1. The molecule has 0 bridgehead atoms. The lowest BCUT2D eigenvalue weighted by Crippen LogP contribution is -2.30. The number of hydrogen-bond donors (Lipinski definition) is 2. The van der Waals surface area contributed by atoms with Crippen molar-refractivity contribution in [3.63, 3.8) is 0 Å². The van der Waals surface area contributed by atoms with Crippen molar-refractivity contribution >= 4 is 11.7 Å².